The summed E-state index contributed by atoms with van der Waals surface area (Å²) in [6.45, 7) is 4.79. The van der Waals surface area contributed by atoms with Crippen LogP contribution in [0.5, 0.6) is 5.75 Å². The number of hydrogen-bond donors (Lipinski definition) is 1. The fourth-order valence-electron chi connectivity index (χ4n) is 5.20. The van der Waals surface area contributed by atoms with Gasteiger partial charge < -0.3 is 19.3 Å². The molecule has 174 valence electrons. The van der Waals surface area contributed by atoms with Gasteiger partial charge in [0.1, 0.15) is 11.8 Å². The number of amides is 1. The van der Waals surface area contributed by atoms with Crippen molar-refractivity contribution in [2.24, 2.45) is 0 Å². The number of benzene rings is 2. The number of fused-ring (bicyclic) bond motifs is 2. The normalized spacial score (nSPS) is 19.1. The quantitative estimate of drug-likeness (QED) is 0.602. The van der Waals surface area contributed by atoms with E-state index in [4.69, 9.17) is 9.26 Å². The number of aromatic nitrogens is 2. The molecule has 0 unspecified atom stereocenters. The summed E-state index contributed by atoms with van der Waals surface area (Å²) in [5.74, 6) is 1.43. The lowest BCUT2D eigenvalue weighted by Gasteiger charge is -2.24. The standard InChI is InChI=1S/C26H26N4O4/c1-16(2)33-22-7-6-17(12-18(22)14-27)25-28-24(29-34-25)20-4-3-5-21-19(20)8-9-26(21)13-23(32)30(15-26)10-11-31/h3-7,12,16,31H,8-11,13,15H2,1-2H3/t26-/m0/s1. The first-order valence-electron chi connectivity index (χ1n) is 11.5. The first-order chi connectivity index (χ1) is 16.4. The van der Waals surface area contributed by atoms with Gasteiger partial charge in [0.05, 0.1) is 18.3 Å². The molecule has 0 saturated carbocycles. The molecule has 0 radical (unpaired) electrons. The van der Waals surface area contributed by atoms with Crippen LogP contribution in [0.15, 0.2) is 40.9 Å². The van der Waals surface area contributed by atoms with Crippen molar-refractivity contribution in [1.82, 2.24) is 15.0 Å². The number of carbonyl (C=O) groups is 1. The molecule has 1 saturated heterocycles. The Hall–Kier alpha value is -3.70. The van der Waals surface area contributed by atoms with E-state index in [-0.39, 0.29) is 24.0 Å². The summed E-state index contributed by atoms with van der Waals surface area (Å²) in [7, 11) is 0. The number of nitrogens with zero attached hydrogens (tertiary/aromatic N) is 4. The molecular weight excluding hydrogens is 432 g/mol. The maximum Gasteiger partial charge on any atom is 0.258 e. The van der Waals surface area contributed by atoms with E-state index in [2.05, 4.69) is 22.3 Å². The zero-order valence-electron chi connectivity index (χ0n) is 19.2. The van der Waals surface area contributed by atoms with Gasteiger partial charge in [-0.2, -0.15) is 10.2 Å². The summed E-state index contributed by atoms with van der Waals surface area (Å²) in [5.41, 5.74) is 4.04. The van der Waals surface area contributed by atoms with Crippen LogP contribution >= 0.6 is 0 Å². The van der Waals surface area contributed by atoms with Gasteiger partial charge in [0, 0.05) is 36.1 Å². The number of aliphatic hydroxyl groups excluding tert-OH is 1. The number of β-amino-alcohol motifs (C(OH)–C–C–N with tert-alkyl or cyclic N) is 1. The van der Waals surface area contributed by atoms with Crippen LogP contribution in [0, 0.1) is 11.3 Å². The third-order valence-corrected chi connectivity index (χ3v) is 6.68. The first kappa shape index (κ1) is 22.1. The Bertz CT molecular complexity index is 1290. The summed E-state index contributed by atoms with van der Waals surface area (Å²) in [4.78, 5) is 18.9. The minimum Gasteiger partial charge on any atom is -0.490 e. The van der Waals surface area contributed by atoms with E-state index in [0.717, 1.165) is 29.5 Å². The van der Waals surface area contributed by atoms with Gasteiger partial charge in [-0.25, -0.2) is 0 Å². The molecule has 2 heterocycles. The van der Waals surface area contributed by atoms with E-state index in [1.807, 2.05) is 26.0 Å². The Morgan fingerprint density at radius 2 is 2.18 bits per heavy atom. The lowest BCUT2D eigenvalue weighted by atomic mass is 9.80. The fraction of sp³-hybridized carbons (Fsp3) is 0.385. The van der Waals surface area contributed by atoms with Crippen LogP contribution in [0.25, 0.3) is 22.8 Å². The van der Waals surface area contributed by atoms with E-state index in [1.165, 1.54) is 0 Å². The minimum atomic E-state index is -0.224. The smallest absolute Gasteiger partial charge is 0.258 e. The zero-order chi connectivity index (χ0) is 23.9. The number of rotatable bonds is 6. The van der Waals surface area contributed by atoms with Crippen molar-refractivity contribution in [3.63, 3.8) is 0 Å². The molecule has 2 aromatic carbocycles. The molecule has 0 bridgehead atoms. The summed E-state index contributed by atoms with van der Waals surface area (Å²) in [6, 6.07) is 13.5. The fourth-order valence-corrected chi connectivity index (χ4v) is 5.20. The maximum atomic E-state index is 12.5. The predicted molar refractivity (Wildman–Crippen MR) is 124 cm³/mol. The molecule has 8 heteroatoms. The highest BCUT2D eigenvalue weighted by atomic mass is 16.5. The SMILES string of the molecule is CC(C)Oc1ccc(-c2nc(-c3cccc4c3CC[C@@]43CC(=O)N(CCO)C3)no2)cc1C#N. The summed E-state index contributed by atoms with van der Waals surface area (Å²) in [5, 5.41) is 23.1. The van der Waals surface area contributed by atoms with Crippen LogP contribution < -0.4 is 4.74 Å². The monoisotopic (exact) mass is 458 g/mol. The topological polar surface area (TPSA) is 112 Å². The molecule has 1 amide bonds. The van der Waals surface area contributed by atoms with E-state index >= 15 is 0 Å². The Morgan fingerprint density at radius 3 is 2.94 bits per heavy atom. The van der Waals surface area contributed by atoms with Crippen molar-refractivity contribution >= 4 is 5.91 Å². The molecule has 3 aromatic rings. The lowest BCUT2D eigenvalue weighted by molar-refractivity contribution is -0.128. The van der Waals surface area contributed by atoms with Gasteiger partial charge in [0.15, 0.2) is 0 Å². The second kappa shape index (κ2) is 8.58. The van der Waals surface area contributed by atoms with Gasteiger partial charge >= 0.3 is 0 Å². The Kier molecular flexibility index (Phi) is 5.58. The van der Waals surface area contributed by atoms with E-state index < -0.39 is 0 Å². The zero-order valence-corrected chi connectivity index (χ0v) is 19.2. The molecule has 34 heavy (non-hydrogen) atoms. The van der Waals surface area contributed by atoms with Crippen molar-refractivity contribution in [3.05, 3.63) is 53.1 Å². The molecule has 5 rings (SSSR count). The van der Waals surface area contributed by atoms with E-state index in [0.29, 0.717) is 48.1 Å². The molecule has 1 aliphatic carbocycles. The number of aliphatic hydroxyl groups is 1. The third kappa shape index (κ3) is 3.72. The van der Waals surface area contributed by atoms with Crippen LogP contribution in [0.1, 0.15) is 43.4 Å². The average molecular weight is 459 g/mol. The second-order valence-electron chi connectivity index (χ2n) is 9.24. The van der Waals surface area contributed by atoms with E-state index in [1.54, 1.807) is 23.1 Å². The molecular formula is C26H26N4O4. The molecule has 1 atom stereocenters. The van der Waals surface area contributed by atoms with Gasteiger partial charge in [-0.1, -0.05) is 23.4 Å². The predicted octanol–water partition coefficient (Wildman–Crippen LogP) is 3.47. The number of ether oxygens (including phenoxy) is 1. The first-order valence-corrected chi connectivity index (χ1v) is 11.5. The van der Waals surface area contributed by atoms with Gasteiger partial charge in [0.2, 0.25) is 11.7 Å². The minimum absolute atomic E-state index is 0.0293. The molecule has 2 aliphatic rings. The molecule has 8 nitrogen and oxygen atoms in total. The largest absolute Gasteiger partial charge is 0.490 e. The van der Waals surface area contributed by atoms with Crippen LogP contribution in [-0.2, 0) is 16.6 Å². The van der Waals surface area contributed by atoms with E-state index in [9.17, 15) is 15.2 Å². The summed E-state index contributed by atoms with van der Waals surface area (Å²) in [6.07, 6.45) is 2.13. The highest BCUT2D eigenvalue weighted by molar-refractivity contribution is 5.82. The van der Waals surface area contributed by atoms with Crippen LogP contribution in [-0.4, -0.2) is 51.9 Å². The number of carbonyl (C=O) groups excluding carboxylic acids is 1. The van der Waals surface area contributed by atoms with Crippen molar-refractivity contribution in [1.29, 1.82) is 5.26 Å². The molecule has 1 aliphatic heterocycles. The summed E-state index contributed by atoms with van der Waals surface area (Å²) < 4.78 is 11.3. The van der Waals surface area contributed by atoms with Gasteiger partial charge in [-0.3, -0.25) is 4.79 Å². The average Bonchev–Trinajstić information content (AvgIpc) is 3.52. The highest BCUT2D eigenvalue weighted by Gasteiger charge is 2.48. The maximum absolute atomic E-state index is 12.5. The summed E-state index contributed by atoms with van der Waals surface area (Å²) >= 11 is 0. The number of nitriles is 1. The lowest BCUT2D eigenvalue weighted by Crippen LogP contribution is -2.32. The highest BCUT2D eigenvalue weighted by Crippen LogP contribution is 2.48. The number of hydrogen-bond acceptors (Lipinski definition) is 7. The van der Waals surface area contributed by atoms with Crippen LogP contribution in [0.4, 0.5) is 0 Å². The van der Waals surface area contributed by atoms with Crippen LogP contribution in [0.3, 0.4) is 0 Å². The van der Waals surface area contributed by atoms with Crippen molar-refractivity contribution in [2.75, 3.05) is 19.7 Å². The van der Waals surface area contributed by atoms with Crippen LogP contribution in [0.2, 0.25) is 0 Å². The van der Waals surface area contributed by atoms with Crippen molar-refractivity contribution in [2.45, 2.75) is 44.6 Å². The van der Waals surface area contributed by atoms with Crippen molar-refractivity contribution in [3.8, 4) is 34.7 Å². The number of likely N-dealkylation sites (tertiary alicyclic amines) is 1. The third-order valence-electron chi connectivity index (χ3n) is 6.68. The Balaban J connectivity index is 1.46. The molecule has 1 aromatic heterocycles. The van der Waals surface area contributed by atoms with Gasteiger partial charge in [-0.15, -0.1) is 0 Å². The second-order valence-corrected chi connectivity index (χ2v) is 9.24. The Morgan fingerprint density at radius 1 is 1.32 bits per heavy atom. The molecule has 1 fully saturated rings. The van der Waals surface area contributed by atoms with Gasteiger partial charge in [0.25, 0.3) is 5.89 Å². The Labute approximate surface area is 197 Å². The molecule has 1 spiro atoms. The molecule has 1 N–H and O–H groups in total. The van der Waals surface area contributed by atoms with Gasteiger partial charge in [-0.05, 0) is 56.0 Å². The van der Waals surface area contributed by atoms with Crippen molar-refractivity contribution < 1.29 is 19.2 Å².